The highest BCUT2D eigenvalue weighted by atomic mass is 35.5. The van der Waals surface area contributed by atoms with Crippen molar-refractivity contribution in [3.05, 3.63) is 129 Å². The van der Waals surface area contributed by atoms with Crippen LogP contribution in [0.5, 0.6) is 11.5 Å². The number of hydrazone groups is 2. The number of halogens is 2. The van der Waals surface area contributed by atoms with Crippen LogP contribution >= 0.6 is 23.2 Å². The van der Waals surface area contributed by atoms with Crippen LogP contribution in [0.2, 0.25) is 10.0 Å². The fourth-order valence-electron chi connectivity index (χ4n) is 4.59. The van der Waals surface area contributed by atoms with Gasteiger partial charge in [-0.1, -0.05) is 73.2 Å². The number of carbonyl (C=O) groups excluding carboxylic acids is 4. The van der Waals surface area contributed by atoms with E-state index in [-0.39, 0.29) is 11.8 Å². The predicted molar refractivity (Wildman–Crippen MR) is 194 cm³/mol. The highest BCUT2D eigenvalue weighted by molar-refractivity contribution is 6.31. The maximum absolute atomic E-state index is 12.5. The summed E-state index contributed by atoms with van der Waals surface area (Å²) in [6.07, 6.45) is 8.57. The van der Waals surface area contributed by atoms with Crippen molar-refractivity contribution < 1.29 is 28.7 Å². The highest BCUT2D eigenvalue weighted by Gasteiger charge is 2.12. The predicted octanol–water partition coefficient (Wildman–Crippen LogP) is 8.15. The molecule has 0 spiro atoms. The standard InChI is InChI=1S/C38H36Cl2N4O6/c39-31-21-17-27(18-22-31)37(47)49-33-13-9-7-11-29(33)25-41-43-35(45)15-5-3-1-2-4-6-16-36(46)44-42-26-30-12-8-10-14-34(30)50-38(48)28-19-23-32(40)24-20-28/h7-14,17-26H,1-6,15-16H2,(H,43,45)(H,44,46)/b41-25+,42-26+. The van der Waals surface area contributed by atoms with Gasteiger partial charge in [-0.3, -0.25) is 9.59 Å². The molecular formula is C38H36Cl2N4O6. The second-order valence-corrected chi connectivity index (χ2v) is 11.9. The van der Waals surface area contributed by atoms with E-state index in [2.05, 4.69) is 21.1 Å². The first-order chi connectivity index (χ1) is 24.3. The van der Waals surface area contributed by atoms with Gasteiger partial charge in [0.1, 0.15) is 11.5 Å². The molecule has 12 heteroatoms. The molecule has 4 rings (SSSR count). The van der Waals surface area contributed by atoms with Crippen molar-refractivity contribution in [3.63, 3.8) is 0 Å². The minimum Gasteiger partial charge on any atom is -0.422 e. The maximum Gasteiger partial charge on any atom is 0.343 e. The third kappa shape index (κ3) is 12.9. The second-order valence-electron chi connectivity index (χ2n) is 11.1. The molecule has 50 heavy (non-hydrogen) atoms. The van der Waals surface area contributed by atoms with Crippen molar-refractivity contribution in [1.82, 2.24) is 10.9 Å². The first-order valence-electron chi connectivity index (χ1n) is 16.1. The Labute approximate surface area is 300 Å². The number of amides is 2. The van der Waals surface area contributed by atoms with E-state index in [1.165, 1.54) is 12.4 Å². The van der Waals surface area contributed by atoms with Gasteiger partial charge in [0.25, 0.3) is 0 Å². The Balaban J connectivity index is 1.06. The SMILES string of the molecule is O=C(CCCCCCCCC(=O)N/N=C/c1ccccc1OC(=O)c1ccc(Cl)cc1)N/N=C/c1ccccc1OC(=O)c1ccc(Cl)cc1. The lowest BCUT2D eigenvalue weighted by Crippen LogP contribution is -2.17. The van der Waals surface area contributed by atoms with Gasteiger partial charge in [0.05, 0.1) is 23.6 Å². The van der Waals surface area contributed by atoms with Crippen LogP contribution in [0.25, 0.3) is 0 Å². The lowest BCUT2D eigenvalue weighted by atomic mass is 10.1. The largest absolute Gasteiger partial charge is 0.422 e. The monoisotopic (exact) mass is 714 g/mol. The normalized spacial score (nSPS) is 11.0. The zero-order valence-electron chi connectivity index (χ0n) is 27.1. The summed E-state index contributed by atoms with van der Waals surface area (Å²) in [4.78, 5) is 49.4. The fourth-order valence-corrected chi connectivity index (χ4v) is 4.84. The molecule has 0 aliphatic carbocycles. The molecule has 4 aromatic carbocycles. The van der Waals surface area contributed by atoms with Crippen LogP contribution in [0, 0.1) is 0 Å². The molecule has 0 radical (unpaired) electrons. The van der Waals surface area contributed by atoms with E-state index in [0.717, 1.165) is 25.7 Å². The van der Waals surface area contributed by atoms with E-state index in [0.29, 0.717) is 69.5 Å². The molecular weight excluding hydrogens is 679 g/mol. The summed E-state index contributed by atoms with van der Waals surface area (Å²) in [5, 5.41) is 9.06. The molecule has 0 saturated carbocycles. The number of hydrogen-bond donors (Lipinski definition) is 2. The van der Waals surface area contributed by atoms with Gasteiger partial charge in [0.2, 0.25) is 11.8 Å². The van der Waals surface area contributed by atoms with E-state index >= 15 is 0 Å². The van der Waals surface area contributed by atoms with Crippen molar-refractivity contribution in [2.45, 2.75) is 51.4 Å². The Bertz CT molecular complexity index is 1680. The van der Waals surface area contributed by atoms with Gasteiger partial charge >= 0.3 is 11.9 Å². The van der Waals surface area contributed by atoms with E-state index in [1.807, 2.05) is 0 Å². The molecule has 0 bridgehead atoms. The van der Waals surface area contributed by atoms with Crippen LogP contribution < -0.4 is 20.3 Å². The molecule has 0 aliphatic rings. The number of nitrogens with one attached hydrogen (secondary N) is 2. The van der Waals surface area contributed by atoms with Crippen LogP contribution in [0.4, 0.5) is 0 Å². The molecule has 0 unspecified atom stereocenters. The molecule has 4 aromatic rings. The molecule has 0 aliphatic heterocycles. The minimum absolute atomic E-state index is 0.212. The summed E-state index contributed by atoms with van der Waals surface area (Å²) in [5.74, 6) is -0.863. The van der Waals surface area contributed by atoms with Crippen molar-refractivity contribution in [1.29, 1.82) is 0 Å². The molecule has 0 heterocycles. The zero-order chi connectivity index (χ0) is 35.6. The van der Waals surface area contributed by atoms with Crippen LogP contribution in [0.3, 0.4) is 0 Å². The average molecular weight is 716 g/mol. The molecule has 10 nitrogen and oxygen atoms in total. The van der Waals surface area contributed by atoms with Crippen molar-refractivity contribution in [3.8, 4) is 11.5 Å². The summed E-state index contributed by atoms with van der Waals surface area (Å²) in [6, 6.07) is 26.5. The van der Waals surface area contributed by atoms with E-state index in [1.54, 1.807) is 97.1 Å². The van der Waals surface area contributed by atoms with Gasteiger partial charge in [0, 0.05) is 34.0 Å². The van der Waals surface area contributed by atoms with E-state index < -0.39 is 11.9 Å². The Morgan fingerprint density at radius 1 is 0.520 bits per heavy atom. The highest BCUT2D eigenvalue weighted by Crippen LogP contribution is 2.20. The maximum atomic E-state index is 12.5. The summed E-state index contributed by atoms with van der Waals surface area (Å²) in [7, 11) is 0. The lowest BCUT2D eigenvalue weighted by molar-refractivity contribution is -0.122. The Hall–Kier alpha value is -5.32. The van der Waals surface area contributed by atoms with Gasteiger partial charge in [0.15, 0.2) is 0 Å². The minimum atomic E-state index is -0.532. The van der Waals surface area contributed by atoms with Gasteiger partial charge in [-0.2, -0.15) is 10.2 Å². The number of rotatable bonds is 17. The fraction of sp³-hybridized carbons (Fsp3) is 0.211. The molecule has 0 atom stereocenters. The number of ether oxygens (including phenoxy) is 2. The second kappa shape index (κ2) is 20.3. The summed E-state index contributed by atoms with van der Waals surface area (Å²) in [5.41, 5.74) is 6.82. The molecule has 2 N–H and O–H groups in total. The number of para-hydroxylation sites is 2. The molecule has 0 fully saturated rings. The number of nitrogens with zero attached hydrogens (tertiary/aromatic N) is 2. The number of unbranched alkanes of at least 4 members (excludes halogenated alkanes) is 5. The summed E-state index contributed by atoms with van der Waals surface area (Å²) < 4.78 is 11.0. The van der Waals surface area contributed by atoms with Crippen molar-refractivity contribution >= 4 is 59.4 Å². The smallest absolute Gasteiger partial charge is 0.343 e. The zero-order valence-corrected chi connectivity index (χ0v) is 28.7. The number of esters is 2. The first-order valence-corrected chi connectivity index (χ1v) is 16.8. The quantitative estimate of drug-likeness (QED) is 0.0373. The molecule has 2 amide bonds. The number of benzene rings is 4. The van der Waals surface area contributed by atoms with Crippen LogP contribution in [0.1, 0.15) is 83.2 Å². The molecule has 0 saturated heterocycles. The van der Waals surface area contributed by atoms with Crippen LogP contribution in [-0.2, 0) is 9.59 Å². The Morgan fingerprint density at radius 3 is 1.28 bits per heavy atom. The van der Waals surface area contributed by atoms with Gasteiger partial charge in [-0.15, -0.1) is 0 Å². The van der Waals surface area contributed by atoms with Gasteiger partial charge < -0.3 is 9.47 Å². The Morgan fingerprint density at radius 2 is 0.880 bits per heavy atom. The summed E-state index contributed by atoms with van der Waals surface area (Å²) >= 11 is 11.8. The number of carbonyl (C=O) groups is 4. The van der Waals surface area contributed by atoms with Crippen LogP contribution in [-0.4, -0.2) is 36.2 Å². The third-order valence-electron chi connectivity index (χ3n) is 7.25. The summed E-state index contributed by atoms with van der Waals surface area (Å²) in [6.45, 7) is 0. The average Bonchev–Trinajstić information content (AvgIpc) is 3.11. The van der Waals surface area contributed by atoms with Gasteiger partial charge in [-0.25, -0.2) is 20.4 Å². The van der Waals surface area contributed by atoms with Gasteiger partial charge in [-0.05, 0) is 85.6 Å². The molecule has 0 aromatic heterocycles. The topological polar surface area (TPSA) is 136 Å². The van der Waals surface area contributed by atoms with Crippen LogP contribution in [0.15, 0.2) is 107 Å². The van der Waals surface area contributed by atoms with E-state index in [9.17, 15) is 19.2 Å². The van der Waals surface area contributed by atoms with E-state index in [4.69, 9.17) is 32.7 Å². The van der Waals surface area contributed by atoms with Crippen molar-refractivity contribution in [2.75, 3.05) is 0 Å². The first kappa shape index (κ1) is 37.5. The Kier molecular flexibility index (Phi) is 15.2. The lowest BCUT2D eigenvalue weighted by Gasteiger charge is -2.07. The van der Waals surface area contributed by atoms with Crippen molar-refractivity contribution in [2.24, 2.45) is 10.2 Å². The molecule has 258 valence electrons. The third-order valence-corrected chi connectivity index (χ3v) is 7.75. The number of hydrogen-bond acceptors (Lipinski definition) is 8.